The van der Waals surface area contributed by atoms with Gasteiger partial charge in [0.2, 0.25) is 17.7 Å². The number of nitrogens with zero attached hydrogens (tertiary/aromatic N) is 1. The van der Waals surface area contributed by atoms with Crippen LogP contribution in [-0.4, -0.2) is 76.6 Å². The van der Waals surface area contributed by atoms with Crippen LogP contribution in [0, 0.1) is 5.92 Å². The number of carbonyl (C=O) groups excluding carboxylic acids is 3. The smallest absolute Gasteiger partial charge is 0.326 e. The van der Waals surface area contributed by atoms with Crippen molar-refractivity contribution in [2.75, 3.05) is 19.7 Å². The molecule has 26 heavy (non-hydrogen) atoms. The van der Waals surface area contributed by atoms with Crippen molar-refractivity contribution in [2.45, 2.75) is 51.2 Å². The van der Waals surface area contributed by atoms with Gasteiger partial charge in [-0.15, -0.1) is 0 Å². The van der Waals surface area contributed by atoms with Crippen LogP contribution in [0.2, 0.25) is 0 Å². The number of amides is 3. The predicted molar refractivity (Wildman–Crippen MR) is 91.8 cm³/mol. The number of aliphatic hydroxyl groups excluding tert-OH is 1. The van der Waals surface area contributed by atoms with Crippen molar-refractivity contribution in [3.63, 3.8) is 0 Å². The maximum Gasteiger partial charge on any atom is 0.326 e. The number of aliphatic hydroxyl groups is 1. The molecule has 0 aliphatic carbocycles. The second-order valence-corrected chi connectivity index (χ2v) is 6.46. The van der Waals surface area contributed by atoms with E-state index in [9.17, 15) is 24.3 Å². The van der Waals surface area contributed by atoms with Crippen molar-refractivity contribution in [3.05, 3.63) is 0 Å². The van der Waals surface area contributed by atoms with Crippen LogP contribution in [-0.2, 0) is 19.2 Å². The molecule has 1 aliphatic rings. The molecule has 0 aromatic heterocycles. The molecule has 0 radical (unpaired) electrons. The molecule has 0 spiro atoms. The third-order valence-electron chi connectivity index (χ3n) is 4.60. The summed E-state index contributed by atoms with van der Waals surface area (Å²) >= 11 is 0. The van der Waals surface area contributed by atoms with E-state index in [1.165, 1.54) is 4.90 Å². The molecule has 1 rings (SSSR count). The number of rotatable bonds is 9. The first-order valence-corrected chi connectivity index (χ1v) is 8.69. The highest BCUT2D eigenvalue weighted by Crippen LogP contribution is 2.18. The number of carboxylic acids is 1. The Balaban J connectivity index is 2.68. The Kier molecular flexibility index (Phi) is 8.46. The number of likely N-dealkylation sites (tertiary alicyclic amines) is 1. The largest absolute Gasteiger partial charge is 0.480 e. The Morgan fingerprint density at radius 2 is 1.96 bits per heavy atom. The van der Waals surface area contributed by atoms with Crippen LogP contribution < -0.4 is 16.4 Å². The Morgan fingerprint density at radius 1 is 1.31 bits per heavy atom. The summed E-state index contributed by atoms with van der Waals surface area (Å²) in [6.07, 6.45) is 1.62. The van der Waals surface area contributed by atoms with Gasteiger partial charge < -0.3 is 31.5 Å². The van der Waals surface area contributed by atoms with E-state index in [1.807, 2.05) is 6.92 Å². The van der Waals surface area contributed by atoms with E-state index in [4.69, 9.17) is 10.8 Å². The summed E-state index contributed by atoms with van der Waals surface area (Å²) in [6, 6.07) is -2.91. The predicted octanol–water partition coefficient (Wildman–Crippen LogP) is -1.97. The van der Waals surface area contributed by atoms with Crippen LogP contribution in [0.15, 0.2) is 0 Å². The van der Waals surface area contributed by atoms with Gasteiger partial charge in [0.15, 0.2) is 0 Å². The molecule has 1 aliphatic heterocycles. The molecular formula is C16H28N4O6. The SMILES string of the molecule is CCC(C)C(NC(=O)C1CCCN1C(=O)CNC(=O)C(N)CO)C(=O)O. The first-order chi connectivity index (χ1) is 12.2. The van der Waals surface area contributed by atoms with Crippen LogP contribution in [0.25, 0.3) is 0 Å². The Labute approximate surface area is 152 Å². The quantitative estimate of drug-likeness (QED) is 0.313. The molecule has 1 fully saturated rings. The highest BCUT2D eigenvalue weighted by Gasteiger charge is 2.36. The molecule has 0 saturated carbocycles. The summed E-state index contributed by atoms with van der Waals surface area (Å²) in [5, 5.41) is 22.9. The number of nitrogens with two attached hydrogens (primary N) is 1. The monoisotopic (exact) mass is 372 g/mol. The van der Waals surface area contributed by atoms with Gasteiger partial charge in [-0.3, -0.25) is 14.4 Å². The van der Waals surface area contributed by atoms with Gasteiger partial charge in [0.1, 0.15) is 18.1 Å². The summed E-state index contributed by atoms with van der Waals surface area (Å²) < 4.78 is 0. The molecule has 0 aromatic carbocycles. The number of nitrogens with one attached hydrogen (secondary N) is 2. The van der Waals surface area contributed by atoms with E-state index in [0.29, 0.717) is 25.8 Å². The zero-order chi connectivity index (χ0) is 19.9. The van der Waals surface area contributed by atoms with Crippen molar-refractivity contribution in [1.29, 1.82) is 0 Å². The maximum atomic E-state index is 12.5. The number of aliphatic carboxylic acids is 1. The zero-order valence-corrected chi connectivity index (χ0v) is 15.1. The molecule has 148 valence electrons. The fraction of sp³-hybridized carbons (Fsp3) is 0.750. The molecule has 1 saturated heterocycles. The van der Waals surface area contributed by atoms with Crippen molar-refractivity contribution < 1.29 is 29.4 Å². The molecule has 3 amide bonds. The number of hydrogen-bond acceptors (Lipinski definition) is 6. The molecule has 1 heterocycles. The second kappa shape index (κ2) is 10.1. The average Bonchev–Trinajstić information content (AvgIpc) is 3.11. The second-order valence-electron chi connectivity index (χ2n) is 6.46. The lowest BCUT2D eigenvalue weighted by Gasteiger charge is -2.27. The Bertz CT molecular complexity index is 541. The van der Waals surface area contributed by atoms with Gasteiger partial charge in [-0.25, -0.2) is 4.79 Å². The normalized spacial score (nSPS) is 20.2. The number of carboxylic acid groups (broad SMARTS) is 1. The molecule has 0 bridgehead atoms. The third-order valence-corrected chi connectivity index (χ3v) is 4.60. The lowest BCUT2D eigenvalue weighted by atomic mass is 9.99. The summed E-state index contributed by atoms with van der Waals surface area (Å²) in [5.74, 6) is -3.00. The fourth-order valence-corrected chi connectivity index (χ4v) is 2.75. The van der Waals surface area contributed by atoms with E-state index in [0.717, 1.165) is 0 Å². The standard InChI is InChI=1S/C16H28N4O6/c1-3-9(2)13(16(25)26)19-15(24)11-5-4-6-20(11)12(22)7-18-14(23)10(17)8-21/h9-11,13,21H,3-8,17H2,1-2H3,(H,18,23)(H,19,24)(H,25,26). The minimum Gasteiger partial charge on any atom is -0.480 e. The number of hydrogen-bond donors (Lipinski definition) is 5. The van der Waals surface area contributed by atoms with Crippen LogP contribution in [0.5, 0.6) is 0 Å². The lowest BCUT2D eigenvalue weighted by molar-refractivity contribution is -0.145. The molecule has 10 nitrogen and oxygen atoms in total. The average molecular weight is 372 g/mol. The first kappa shape index (κ1) is 21.8. The van der Waals surface area contributed by atoms with Gasteiger partial charge in [0.05, 0.1) is 13.2 Å². The Morgan fingerprint density at radius 3 is 2.50 bits per heavy atom. The highest BCUT2D eigenvalue weighted by molar-refractivity contribution is 5.93. The molecule has 0 aromatic rings. The summed E-state index contributed by atoms with van der Waals surface area (Å²) in [6.45, 7) is 3.03. The topological polar surface area (TPSA) is 162 Å². The molecule has 4 unspecified atom stereocenters. The summed E-state index contributed by atoms with van der Waals surface area (Å²) in [5.41, 5.74) is 5.35. The molecule has 4 atom stereocenters. The molecular weight excluding hydrogens is 344 g/mol. The minimum absolute atomic E-state index is 0.249. The van der Waals surface area contributed by atoms with E-state index in [-0.39, 0.29) is 12.5 Å². The van der Waals surface area contributed by atoms with Crippen molar-refractivity contribution in [2.24, 2.45) is 11.7 Å². The van der Waals surface area contributed by atoms with Crippen LogP contribution in [0.4, 0.5) is 0 Å². The van der Waals surface area contributed by atoms with Crippen LogP contribution in [0.1, 0.15) is 33.1 Å². The van der Waals surface area contributed by atoms with Crippen molar-refractivity contribution in [1.82, 2.24) is 15.5 Å². The van der Waals surface area contributed by atoms with Crippen LogP contribution in [0.3, 0.4) is 0 Å². The fourth-order valence-electron chi connectivity index (χ4n) is 2.75. The lowest BCUT2D eigenvalue weighted by Crippen LogP contribution is -2.54. The van der Waals surface area contributed by atoms with Gasteiger partial charge >= 0.3 is 5.97 Å². The van der Waals surface area contributed by atoms with E-state index in [1.54, 1.807) is 6.92 Å². The number of carbonyl (C=O) groups is 4. The maximum absolute atomic E-state index is 12.5. The van der Waals surface area contributed by atoms with E-state index < -0.39 is 48.4 Å². The summed E-state index contributed by atoms with van der Waals surface area (Å²) in [7, 11) is 0. The zero-order valence-electron chi connectivity index (χ0n) is 15.1. The van der Waals surface area contributed by atoms with Gasteiger partial charge in [-0.2, -0.15) is 0 Å². The van der Waals surface area contributed by atoms with Gasteiger partial charge in [0, 0.05) is 6.54 Å². The minimum atomic E-state index is -1.12. The Hall–Kier alpha value is -2.20. The van der Waals surface area contributed by atoms with Gasteiger partial charge in [0.25, 0.3) is 0 Å². The van der Waals surface area contributed by atoms with E-state index in [2.05, 4.69) is 10.6 Å². The molecule has 10 heteroatoms. The highest BCUT2D eigenvalue weighted by atomic mass is 16.4. The van der Waals surface area contributed by atoms with Crippen molar-refractivity contribution in [3.8, 4) is 0 Å². The van der Waals surface area contributed by atoms with Gasteiger partial charge in [-0.05, 0) is 18.8 Å². The van der Waals surface area contributed by atoms with Crippen LogP contribution >= 0.6 is 0 Å². The molecule has 6 N–H and O–H groups in total. The summed E-state index contributed by atoms with van der Waals surface area (Å²) in [4.78, 5) is 49.0. The third kappa shape index (κ3) is 5.67. The van der Waals surface area contributed by atoms with Gasteiger partial charge in [-0.1, -0.05) is 20.3 Å². The van der Waals surface area contributed by atoms with E-state index >= 15 is 0 Å². The van der Waals surface area contributed by atoms with Crippen molar-refractivity contribution >= 4 is 23.7 Å². The first-order valence-electron chi connectivity index (χ1n) is 8.69.